The molecule has 0 atom stereocenters. The highest BCUT2D eigenvalue weighted by atomic mass is 35.5. The third kappa shape index (κ3) is 5.81. The van der Waals surface area contributed by atoms with E-state index >= 15 is 0 Å². The first-order valence-electron chi connectivity index (χ1n) is 9.53. The Kier molecular flexibility index (Phi) is 6.88. The zero-order chi connectivity index (χ0) is 20.8. The summed E-state index contributed by atoms with van der Waals surface area (Å²) in [5.74, 6) is -0.259. The fraction of sp³-hybridized carbons (Fsp3) is 0.318. The van der Waals surface area contributed by atoms with Crippen LogP contribution < -0.4 is 10.1 Å². The Hall–Kier alpha value is -2.86. The average molecular weight is 415 g/mol. The minimum atomic E-state index is -0.428. The molecule has 0 bridgehead atoms. The largest absolute Gasteiger partial charge is 0.427 e. The van der Waals surface area contributed by atoms with Crippen molar-refractivity contribution in [3.05, 3.63) is 64.7 Å². The summed E-state index contributed by atoms with van der Waals surface area (Å²) < 4.78 is 5.04. The summed E-state index contributed by atoms with van der Waals surface area (Å²) in [4.78, 5) is 37.9. The maximum Gasteiger partial charge on any atom is 0.308 e. The first-order chi connectivity index (χ1) is 13.9. The van der Waals surface area contributed by atoms with Crippen LogP contribution in [0.25, 0.3) is 0 Å². The molecule has 6 nitrogen and oxygen atoms in total. The molecule has 0 aliphatic carbocycles. The lowest BCUT2D eigenvalue weighted by Gasteiger charge is -2.32. The molecule has 0 saturated carbocycles. The van der Waals surface area contributed by atoms with Crippen LogP contribution in [0, 0.1) is 0 Å². The van der Waals surface area contributed by atoms with Gasteiger partial charge in [0.1, 0.15) is 5.75 Å². The molecule has 29 heavy (non-hydrogen) atoms. The number of carbonyl (C=O) groups is 3. The van der Waals surface area contributed by atoms with Crippen LogP contribution in [0.3, 0.4) is 0 Å². The van der Waals surface area contributed by atoms with Crippen LogP contribution in [0.5, 0.6) is 5.75 Å². The molecule has 3 rings (SSSR count). The molecule has 1 aliphatic rings. The molecular formula is C22H23ClN2O4. The molecule has 1 fully saturated rings. The lowest BCUT2D eigenvalue weighted by atomic mass is 10.0. The van der Waals surface area contributed by atoms with Crippen LogP contribution in [-0.2, 0) is 16.0 Å². The minimum Gasteiger partial charge on any atom is -0.427 e. The van der Waals surface area contributed by atoms with E-state index in [9.17, 15) is 14.4 Å². The summed E-state index contributed by atoms with van der Waals surface area (Å²) in [6, 6.07) is 13.9. The van der Waals surface area contributed by atoms with Gasteiger partial charge >= 0.3 is 5.97 Å². The third-order valence-corrected chi connectivity index (χ3v) is 5.17. The van der Waals surface area contributed by atoms with Crippen LogP contribution in [0.1, 0.15) is 35.7 Å². The molecule has 2 aromatic carbocycles. The fourth-order valence-electron chi connectivity index (χ4n) is 3.36. The van der Waals surface area contributed by atoms with Gasteiger partial charge in [0.05, 0.1) is 6.42 Å². The van der Waals surface area contributed by atoms with Crippen molar-refractivity contribution in [2.45, 2.75) is 32.2 Å². The minimum absolute atomic E-state index is 0.0291. The lowest BCUT2D eigenvalue weighted by Crippen LogP contribution is -2.46. The molecule has 0 unspecified atom stereocenters. The topological polar surface area (TPSA) is 75.7 Å². The van der Waals surface area contributed by atoms with Crippen LogP contribution >= 0.6 is 11.6 Å². The number of carbonyl (C=O) groups excluding carboxylic acids is 3. The number of nitrogens with zero attached hydrogens (tertiary/aromatic N) is 1. The number of nitrogens with one attached hydrogen (secondary N) is 1. The van der Waals surface area contributed by atoms with Crippen LogP contribution in [-0.4, -0.2) is 41.8 Å². The first kappa shape index (κ1) is 20.9. The van der Waals surface area contributed by atoms with E-state index in [0.717, 1.165) is 5.56 Å². The monoisotopic (exact) mass is 414 g/mol. The fourth-order valence-corrected chi connectivity index (χ4v) is 3.56. The van der Waals surface area contributed by atoms with Gasteiger partial charge in [0, 0.05) is 36.6 Å². The Morgan fingerprint density at radius 3 is 2.52 bits per heavy atom. The highest BCUT2D eigenvalue weighted by molar-refractivity contribution is 6.31. The van der Waals surface area contributed by atoms with Gasteiger partial charge in [0.25, 0.3) is 5.91 Å². The van der Waals surface area contributed by atoms with E-state index in [-0.39, 0.29) is 24.3 Å². The van der Waals surface area contributed by atoms with E-state index in [1.165, 1.54) is 6.92 Å². The maximum absolute atomic E-state index is 12.7. The Balaban J connectivity index is 1.51. The number of amides is 2. The molecular weight excluding hydrogens is 392 g/mol. The molecule has 1 heterocycles. The summed E-state index contributed by atoms with van der Waals surface area (Å²) in [5.41, 5.74) is 1.27. The van der Waals surface area contributed by atoms with Crippen molar-refractivity contribution < 1.29 is 19.1 Å². The summed E-state index contributed by atoms with van der Waals surface area (Å²) in [7, 11) is 0. The van der Waals surface area contributed by atoms with Crippen molar-refractivity contribution in [3.8, 4) is 5.75 Å². The van der Waals surface area contributed by atoms with Gasteiger partial charge in [-0.2, -0.15) is 0 Å². The number of hydrogen-bond acceptors (Lipinski definition) is 4. The standard InChI is InChI=1S/C22H23ClN2O4/c1-15(26)29-19-7-4-6-17(13-19)22(28)25-11-9-18(10-12-25)24-21(27)14-16-5-2-3-8-20(16)23/h2-8,13,18H,9-12,14H2,1H3,(H,24,27). The molecule has 0 aromatic heterocycles. The molecule has 1 aliphatic heterocycles. The second-order valence-electron chi connectivity index (χ2n) is 7.02. The van der Waals surface area contributed by atoms with Gasteiger partial charge in [-0.1, -0.05) is 35.9 Å². The van der Waals surface area contributed by atoms with Gasteiger partial charge in [-0.15, -0.1) is 0 Å². The maximum atomic E-state index is 12.7. The van der Waals surface area contributed by atoms with E-state index in [2.05, 4.69) is 5.32 Å². The van der Waals surface area contributed by atoms with Gasteiger partial charge < -0.3 is 15.0 Å². The predicted octanol–water partition coefficient (Wildman–Crippen LogP) is 3.23. The van der Waals surface area contributed by atoms with Crippen molar-refractivity contribution in [3.63, 3.8) is 0 Å². The number of benzene rings is 2. The molecule has 1 saturated heterocycles. The number of ether oxygens (including phenoxy) is 1. The second kappa shape index (κ2) is 9.56. The number of esters is 1. The van der Waals surface area contributed by atoms with E-state index in [0.29, 0.717) is 42.3 Å². The number of likely N-dealkylation sites (tertiary alicyclic amines) is 1. The third-order valence-electron chi connectivity index (χ3n) is 4.80. The number of rotatable bonds is 5. The van der Waals surface area contributed by atoms with Crippen molar-refractivity contribution in [1.82, 2.24) is 10.2 Å². The Morgan fingerprint density at radius 1 is 1.10 bits per heavy atom. The van der Waals surface area contributed by atoms with E-state index in [1.807, 2.05) is 18.2 Å². The normalized spacial score (nSPS) is 14.3. The van der Waals surface area contributed by atoms with Gasteiger partial charge in [-0.25, -0.2) is 0 Å². The van der Waals surface area contributed by atoms with Crippen LogP contribution in [0.2, 0.25) is 5.02 Å². The molecule has 2 aromatic rings. The number of halogens is 1. The average Bonchev–Trinajstić information content (AvgIpc) is 2.69. The quantitative estimate of drug-likeness (QED) is 0.602. The highest BCUT2D eigenvalue weighted by Gasteiger charge is 2.25. The molecule has 7 heteroatoms. The zero-order valence-electron chi connectivity index (χ0n) is 16.2. The van der Waals surface area contributed by atoms with Crippen molar-refractivity contribution in [1.29, 1.82) is 0 Å². The van der Waals surface area contributed by atoms with Gasteiger partial charge in [0.2, 0.25) is 5.91 Å². The number of hydrogen-bond donors (Lipinski definition) is 1. The summed E-state index contributed by atoms with van der Waals surface area (Å²) in [6.45, 7) is 2.42. The molecule has 0 spiro atoms. The highest BCUT2D eigenvalue weighted by Crippen LogP contribution is 2.19. The van der Waals surface area contributed by atoms with E-state index in [4.69, 9.17) is 16.3 Å². The van der Waals surface area contributed by atoms with Crippen LogP contribution in [0.4, 0.5) is 0 Å². The summed E-state index contributed by atoms with van der Waals surface area (Å²) in [6.07, 6.45) is 1.61. The van der Waals surface area contributed by atoms with Crippen molar-refractivity contribution in [2.75, 3.05) is 13.1 Å². The van der Waals surface area contributed by atoms with Gasteiger partial charge in [0.15, 0.2) is 0 Å². The zero-order valence-corrected chi connectivity index (χ0v) is 16.9. The summed E-state index contributed by atoms with van der Waals surface area (Å²) in [5, 5.41) is 3.61. The molecule has 1 N–H and O–H groups in total. The summed E-state index contributed by atoms with van der Waals surface area (Å²) >= 11 is 6.11. The van der Waals surface area contributed by atoms with E-state index in [1.54, 1.807) is 35.2 Å². The smallest absolute Gasteiger partial charge is 0.308 e. The second-order valence-corrected chi connectivity index (χ2v) is 7.43. The molecule has 0 radical (unpaired) electrons. The first-order valence-corrected chi connectivity index (χ1v) is 9.90. The molecule has 152 valence electrons. The lowest BCUT2D eigenvalue weighted by molar-refractivity contribution is -0.131. The Labute approximate surface area is 174 Å². The SMILES string of the molecule is CC(=O)Oc1cccc(C(=O)N2CCC(NC(=O)Cc3ccccc3Cl)CC2)c1. The van der Waals surface area contributed by atoms with Crippen molar-refractivity contribution in [2.24, 2.45) is 0 Å². The van der Waals surface area contributed by atoms with Crippen molar-refractivity contribution >= 4 is 29.4 Å². The van der Waals surface area contributed by atoms with Crippen LogP contribution in [0.15, 0.2) is 48.5 Å². The van der Waals surface area contributed by atoms with Gasteiger partial charge in [-0.05, 0) is 42.7 Å². The molecule has 2 amide bonds. The predicted molar refractivity (Wildman–Crippen MR) is 110 cm³/mol. The Morgan fingerprint density at radius 2 is 1.83 bits per heavy atom. The van der Waals surface area contributed by atoms with Gasteiger partial charge in [-0.3, -0.25) is 14.4 Å². The van der Waals surface area contributed by atoms with E-state index < -0.39 is 5.97 Å². The number of piperidine rings is 1. The Bertz CT molecular complexity index is 907.